The van der Waals surface area contributed by atoms with E-state index in [-0.39, 0.29) is 12.1 Å². The van der Waals surface area contributed by atoms with Gasteiger partial charge < -0.3 is 10.1 Å². The normalized spacial score (nSPS) is 11.5. The number of anilines is 1. The summed E-state index contributed by atoms with van der Waals surface area (Å²) in [6, 6.07) is 9.99. The summed E-state index contributed by atoms with van der Waals surface area (Å²) in [5.41, 5.74) is 0.0381. The average molecular weight is 395 g/mol. The zero-order chi connectivity index (χ0) is 20.0. The van der Waals surface area contributed by atoms with E-state index in [1.54, 1.807) is 24.3 Å². The molecule has 0 bridgehead atoms. The van der Waals surface area contributed by atoms with Crippen LogP contribution in [0.15, 0.2) is 42.5 Å². The van der Waals surface area contributed by atoms with Crippen LogP contribution in [0.2, 0.25) is 5.02 Å². The van der Waals surface area contributed by atoms with Crippen molar-refractivity contribution in [1.82, 2.24) is 0 Å². The Hall–Kier alpha value is -3.00. The summed E-state index contributed by atoms with van der Waals surface area (Å²) in [5.74, 6) is -2.30. The average Bonchev–Trinajstić information content (AvgIpc) is 2.62. The molecular formula is C18H16ClFN2O5. The molecule has 0 aliphatic heterocycles. The van der Waals surface area contributed by atoms with E-state index in [1.165, 1.54) is 13.0 Å². The van der Waals surface area contributed by atoms with Crippen molar-refractivity contribution in [3.63, 3.8) is 0 Å². The number of halogens is 2. The molecule has 1 unspecified atom stereocenters. The molecule has 0 radical (unpaired) electrons. The van der Waals surface area contributed by atoms with Crippen molar-refractivity contribution in [3.05, 3.63) is 69.0 Å². The van der Waals surface area contributed by atoms with E-state index < -0.39 is 34.4 Å². The minimum absolute atomic E-state index is 0.0204. The molecule has 2 aromatic carbocycles. The van der Waals surface area contributed by atoms with E-state index in [2.05, 4.69) is 5.32 Å². The molecule has 0 saturated heterocycles. The lowest BCUT2D eigenvalue weighted by Gasteiger charge is -2.13. The number of benzene rings is 2. The van der Waals surface area contributed by atoms with Gasteiger partial charge in [-0.05, 0) is 37.1 Å². The second kappa shape index (κ2) is 9.09. The monoisotopic (exact) mass is 394 g/mol. The van der Waals surface area contributed by atoms with Gasteiger partial charge in [-0.3, -0.25) is 19.7 Å². The molecule has 0 saturated carbocycles. The molecule has 0 aliphatic carbocycles. The van der Waals surface area contributed by atoms with Crippen molar-refractivity contribution < 1.29 is 23.6 Å². The number of nitro groups is 1. The van der Waals surface area contributed by atoms with E-state index in [0.717, 1.165) is 17.7 Å². The summed E-state index contributed by atoms with van der Waals surface area (Å²) >= 11 is 6.01. The van der Waals surface area contributed by atoms with Crippen molar-refractivity contribution in [2.75, 3.05) is 5.32 Å². The molecule has 2 aromatic rings. The van der Waals surface area contributed by atoms with Crippen LogP contribution >= 0.6 is 11.6 Å². The van der Waals surface area contributed by atoms with E-state index in [4.69, 9.17) is 16.3 Å². The Balaban J connectivity index is 1.90. The van der Waals surface area contributed by atoms with Crippen molar-refractivity contribution >= 4 is 34.9 Å². The summed E-state index contributed by atoms with van der Waals surface area (Å²) in [7, 11) is 0. The van der Waals surface area contributed by atoms with Gasteiger partial charge in [-0.1, -0.05) is 29.8 Å². The van der Waals surface area contributed by atoms with Crippen LogP contribution in [0.4, 0.5) is 15.8 Å². The Labute approximate surface area is 159 Å². The van der Waals surface area contributed by atoms with Gasteiger partial charge >= 0.3 is 11.7 Å². The number of hydrogen-bond donors (Lipinski definition) is 1. The fraction of sp³-hybridized carbons (Fsp3) is 0.222. The van der Waals surface area contributed by atoms with Gasteiger partial charge in [0, 0.05) is 23.2 Å². The maximum absolute atomic E-state index is 13.3. The first kappa shape index (κ1) is 20.3. The van der Waals surface area contributed by atoms with Crippen molar-refractivity contribution in [2.24, 2.45) is 0 Å². The van der Waals surface area contributed by atoms with Crippen LogP contribution in [0.25, 0.3) is 0 Å². The Bertz CT molecular complexity index is 875. The first-order chi connectivity index (χ1) is 12.8. The number of amides is 1. The predicted molar refractivity (Wildman–Crippen MR) is 97.0 cm³/mol. The standard InChI is InChI=1S/C18H16ClFN2O5/c1-11(27-17(23)9-6-12-4-2-3-5-14(12)19)18(24)21-13-7-8-15(20)16(10-13)22(25)26/h2-5,7-8,10-11H,6,9H2,1H3,(H,21,24). The molecule has 0 spiro atoms. The molecule has 142 valence electrons. The third kappa shape index (κ3) is 5.75. The minimum atomic E-state index is -1.13. The second-order valence-corrected chi connectivity index (χ2v) is 6.04. The number of nitrogens with zero attached hydrogens (tertiary/aromatic N) is 1. The number of carbonyl (C=O) groups excluding carboxylic acids is 2. The third-order valence-corrected chi connectivity index (χ3v) is 4.01. The quantitative estimate of drug-likeness (QED) is 0.436. The molecule has 9 heteroatoms. The Kier molecular flexibility index (Phi) is 6.84. The summed E-state index contributed by atoms with van der Waals surface area (Å²) in [4.78, 5) is 33.8. The predicted octanol–water partition coefficient (Wildman–Crippen LogP) is 3.89. The lowest BCUT2D eigenvalue weighted by molar-refractivity contribution is -0.387. The maximum Gasteiger partial charge on any atom is 0.306 e. The summed E-state index contributed by atoms with van der Waals surface area (Å²) in [6.07, 6.45) is -0.742. The number of aryl methyl sites for hydroxylation is 1. The van der Waals surface area contributed by atoms with Gasteiger partial charge in [0.25, 0.3) is 5.91 Å². The minimum Gasteiger partial charge on any atom is -0.453 e. The fourth-order valence-corrected chi connectivity index (χ4v) is 2.45. The van der Waals surface area contributed by atoms with Crippen LogP contribution in [0, 0.1) is 15.9 Å². The van der Waals surface area contributed by atoms with Gasteiger partial charge in [-0.25, -0.2) is 0 Å². The highest BCUT2D eigenvalue weighted by atomic mass is 35.5. The van der Waals surface area contributed by atoms with Crippen LogP contribution in [0.3, 0.4) is 0 Å². The molecule has 7 nitrogen and oxygen atoms in total. The van der Waals surface area contributed by atoms with E-state index >= 15 is 0 Å². The van der Waals surface area contributed by atoms with Crippen molar-refractivity contribution in [1.29, 1.82) is 0 Å². The highest BCUT2D eigenvalue weighted by Gasteiger charge is 2.20. The van der Waals surface area contributed by atoms with Gasteiger partial charge in [0.05, 0.1) is 4.92 Å². The first-order valence-corrected chi connectivity index (χ1v) is 8.33. The zero-order valence-corrected chi connectivity index (χ0v) is 15.0. The molecule has 1 N–H and O–H groups in total. The van der Waals surface area contributed by atoms with Gasteiger partial charge in [0.15, 0.2) is 6.10 Å². The van der Waals surface area contributed by atoms with E-state index in [0.29, 0.717) is 11.4 Å². The number of ether oxygens (including phenoxy) is 1. The topological polar surface area (TPSA) is 98.5 Å². The second-order valence-electron chi connectivity index (χ2n) is 5.64. The first-order valence-electron chi connectivity index (χ1n) is 7.95. The summed E-state index contributed by atoms with van der Waals surface area (Å²) in [6.45, 7) is 1.36. The van der Waals surface area contributed by atoms with Gasteiger partial charge in [0.2, 0.25) is 5.82 Å². The molecule has 2 rings (SSSR count). The molecule has 1 atom stereocenters. The summed E-state index contributed by atoms with van der Waals surface area (Å²) < 4.78 is 18.4. The highest BCUT2D eigenvalue weighted by Crippen LogP contribution is 2.22. The lowest BCUT2D eigenvalue weighted by Crippen LogP contribution is -2.30. The number of nitro benzene ring substituents is 1. The van der Waals surface area contributed by atoms with Crippen molar-refractivity contribution in [3.8, 4) is 0 Å². The zero-order valence-electron chi connectivity index (χ0n) is 14.3. The summed E-state index contributed by atoms with van der Waals surface area (Å²) in [5, 5.41) is 13.6. The largest absolute Gasteiger partial charge is 0.453 e. The molecule has 1 amide bonds. The number of esters is 1. The molecule has 0 heterocycles. The Morgan fingerprint density at radius 2 is 2.00 bits per heavy atom. The van der Waals surface area contributed by atoms with Gasteiger partial charge in [-0.2, -0.15) is 4.39 Å². The smallest absolute Gasteiger partial charge is 0.306 e. The maximum atomic E-state index is 13.3. The van der Waals surface area contributed by atoms with Gasteiger partial charge in [-0.15, -0.1) is 0 Å². The molecular weight excluding hydrogens is 379 g/mol. The Morgan fingerprint density at radius 1 is 1.30 bits per heavy atom. The third-order valence-electron chi connectivity index (χ3n) is 3.64. The Morgan fingerprint density at radius 3 is 2.67 bits per heavy atom. The van der Waals surface area contributed by atoms with Crippen LogP contribution in [-0.4, -0.2) is 22.9 Å². The van der Waals surface area contributed by atoms with E-state index in [9.17, 15) is 24.1 Å². The van der Waals surface area contributed by atoms with Gasteiger partial charge in [0.1, 0.15) is 0 Å². The van der Waals surface area contributed by atoms with Crippen LogP contribution in [0.5, 0.6) is 0 Å². The number of carbonyl (C=O) groups is 2. The van der Waals surface area contributed by atoms with Crippen molar-refractivity contribution in [2.45, 2.75) is 25.9 Å². The van der Waals surface area contributed by atoms with Crippen LogP contribution in [-0.2, 0) is 20.7 Å². The number of rotatable bonds is 7. The molecule has 0 aliphatic rings. The molecule has 0 fully saturated rings. The highest BCUT2D eigenvalue weighted by molar-refractivity contribution is 6.31. The molecule has 0 aromatic heterocycles. The molecule has 27 heavy (non-hydrogen) atoms. The van der Waals surface area contributed by atoms with Crippen LogP contribution in [0.1, 0.15) is 18.9 Å². The number of nitrogens with one attached hydrogen (secondary N) is 1. The lowest BCUT2D eigenvalue weighted by atomic mass is 10.1. The van der Waals surface area contributed by atoms with E-state index in [1.807, 2.05) is 0 Å². The number of hydrogen-bond acceptors (Lipinski definition) is 5. The fourth-order valence-electron chi connectivity index (χ4n) is 2.22. The van der Waals surface area contributed by atoms with Crippen LogP contribution < -0.4 is 5.32 Å². The SMILES string of the molecule is CC(OC(=O)CCc1ccccc1Cl)C(=O)Nc1ccc(F)c([N+](=O)[O-])c1.